The standard InChI is InChI=1S/C13H21NO/c1-10(2)7-14-8-12-6-13(12,3)11-4-5-15-9-11/h4-5,9-10,12,14H,6-8H2,1-3H3. The van der Waals surface area contributed by atoms with Crippen LogP contribution >= 0.6 is 0 Å². The first-order valence-corrected chi connectivity index (χ1v) is 5.86. The summed E-state index contributed by atoms with van der Waals surface area (Å²) in [6, 6.07) is 2.10. The summed E-state index contributed by atoms with van der Waals surface area (Å²) in [7, 11) is 0. The Kier molecular flexibility index (Phi) is 2.87. The molecule has 1 aliphatic carbocycles. The van der Waals surface area contributed by atoms with Crippen LogP contribution in [0.4, 0.5) is 0 Å². The molecule has 2 heteroatoms. The Morgan fingerprint density at radius 2 is 2.40 bits per heavy atom. The maximum atomic E-state index is 5.15. The van der Waals surface area contributed by atoms with Gasteiger partial charge in [-0.2, -0.15) is 0 Å². The smallest absolute Gasteiger partial charge is 0.0940 e. The summed E-state index contributed by atoms with van der Waals surface area (Å²) in [6.07, 6.45) is 4.96. The van der Waals surface area contributed by atoms with Crippen molar-refractivity contribution >= 4 is 0 Å². The van der Waals surface area contributed by atoms with Crippen LogP contribution in [0.3, 0.4) is 0 Å². The van der Waals surface area contributed by atoms with E-state index in [2.05, 4.69) is 32.2 Å². The zero-order chi connectivity index (χ0) is 10.9. The van der Waals surface area contributed by atoms with Crippen LogP contribution < -0.4 is 5.32 Å². The van der Waals surface area contributed by atoms with Crippen LogP contribution in [-0.2, 0) is 5.41 Å². The molecule has 0 amide bonds. The SMILES string of the molecule is CC(C)CNCC1CC1(C)c1ccoc1. The van der Waals surface area contributed by atoms with E-state index < -0.39 is 0 Å². The van der Waals surface area contributed by atoms with Gasteiger partial charge in [0.05, 0.1) is 12.5 Å². The predicted octanol–water partition coefficient (Wildman–Crippen LogP) is 2.80. The summed E-state index contributed by atoms with van der Waals surface area (Å²) >= 11 is 0. The fourth-order valence-corrected chi connectivity index (χ4v) is 2.24. The van der Waals surface area contributed by atoms with Crippen molar-refractivity contribution in [1.29, 1.82) is 0 Å². The van der Waals surface area contributed by atoms with E-state index in [9.17, 15) is 0 Å². The molecule has 0 saturated heterocycles. The number of hydrogen-bond acceptors (Lipinski definition) is 2. The number of rotatable bonds is 5. The average Bonchev–Trinajstić information content (AvgIpc) is 2.68. The maximum Gasteiger partial charge on any atom is 0.0940 e. The highest BCUT2D eigenvalue weighted by Crippen LogP contribution is 2.53. The Balaban J connectivity index is 1.80. The highest BCUT2D eigenvalue weighted by atomic mass is 16.3. The van der Waals surface area contributed by atoms with Gasteiger partial charge in [0.2, 0.25) is 0 Å². The summed E-state index contributed by atoms with van der Waals surface area (Å²) in [5.74, 6) is 1.53. The summed E-state index contributed by atoms with van der Waals surface area (Å²) in [4.78, 5) is 0. The van der Waals surface area contributed by atoms with E-state index in [-0.39, 0.29) is 0 Å². The van der Waals surface area contributed by atoms with Crippen molar-refractivity contribution in [2.45, 2.75) is 32.6 Å². The Morgan fingerprint density at radius 3 is 3.00 bits per heavy atom. The molecule has 0 aromatic carbocycles. The van der Waals surface area contributed by atoms with Crippen LogP contribution in [0.15, 0.2) is 23.0 Å². The number of nitrogens with one attached hydrogen (secondary N) is 1. The largest absolute Gasteiger partial charge is 0.472 e. The second-order valence-corrected chi connectivity index (χ2v) is 5.38. The van der Waals surface area contributed by atoms with Gasteiger partial charge in [0, 0.05) is 5.41 Å². The molecule has 2 atom stereocenters. The molecule has 2 nitrogen and oxygen atoms in total. The van der Waals surface area contributed by atoms with Crippen molar-refractivity contribution in [2.24, 2.45) is 11.8 Å². The minimum atomic E-state index is 0.372. The fraction of sp³-hybridized carbons (Fsp3) is 0.692. The molecule has 15 heavy (non-hydrogen) atoms. The average molecular weight is 207 g/mol. The van der Waals surface area contributed by atoms with Crippen LogP contribution in [0.2, 0.25) is 0 Å². The molecule has 1 heterocycles. The Bertz CT molecular complexity index is 304. The van der Waals surface area contributed by atoms with E-state index in [4.69, 9.17) is 4.42 Å². The first-order chi connectivity index (χ1) is 7.13. The lowest BCUT2D eigenvalue weighted by atomic mass is 9.99. The molecule has 1 aromatic rings. The Labute approximate surface area is 92.1 Å². The van der Waals surface area contributed by atoms with Gasteiger partial charge in [-0.15, -0.1) is 0 Å². The first-order valence-electron chi connectivity index (χ1n) is 5.86. The van der Waals surface area contributed by atoms with Crippen molar-refractivity contribution in [2.75, 3.05) is 13.1 Å². The van der Waals surface area contributed by atoms with Gasteiger partial charge in [-0.3, -0.25) is 0 Å². The van der Waals surface area contributed by atoms with E-state index in [0.717, 1.165) is 24.9 Å². The van der Waals surface area contributed by atoms with Crippen molar-refractivity contribution in [3.8, 4) is 0 Å². The van der Waals surface area contributed by atoms with Crippen LogP contribution in [0.1, 0.15) is 32.8 Å². The van der Waals surface area contributed by atoms with E-state index in [0.29, 0.717) is 5.41 Å². The van der Waals surface area contributed by atoms with Crippen molar-refractivity contribution in [1.82, 2.24) is 5.32 Å². The van der Waals surface area contributed by atoms with Crippen LogP contribution in [0.5, 0.6) is 0 Å². The zero-order valence-electron chi connectivity index (χ0n) is 9.92. The third-order valence-corrected chi connectivity index (χ3v) is 3.54. The fourth-order valence-electron chi connectivity index (χ4n) is 2.24. The zero-order valence-corrected chi connectivity index (χ0v) is 9.92. The number of hydrogen-bond donors (Lipinski definition) is 1. The summed E-state index contributed by atoms with van der Waals surface area (Å²) in [5.41, 5.74) is 1.73. The van der Waals surface area contributed by atoms with Crippen LogP contribution in [0.25, 0.3) is 0 Å². The lowest BCUT2D eigenvalue weighted by Crippen LogP contribution is -2.24. The Hall–Kier alpha value is -0.760. The molecule has 0 spiro atoms. The van der Waals surface area contributed by atoms with Gasteiger partial charge >= 0.3 is 0 Å². The molecule has 1 aromatic heterocycles. The molecule has 0 aliphatic heterocycles. The second-order valence-electron chi connectivity index (χ2n) is 5.38. The lowest BCUT2D eigenvalue weighted by Gasteiger charge is -2.10. The van der Waals surface area contributed by atoms with Crippen molar-refractivity contribution in [3.63, 3.8) is 0 Å². The summed E-state index contributed by atoms with van der Waals surface area (Å²) < 4.78 is 5.15. The summed E-state index contributed by atoms with van der Waals surface area (Å²) in [5, 5.41) is 3.53. The van der Waals surface area contributed by atoms with Crippen molar-refractivity contribution < 1.29 is 4.42 Å². The molecule has 0 radical (unpaired) electrons. The maximum absolute atomic E-state index is 5.15. The Morgan fingerprint density at radius 1 is 1.60 bits per heavy atom. The molecular formula is C13H21NO. The van der Waals surface area contributed by atoms with Crippen LogP contribution in [-0.4, -0.2) is 13.1 Å². The second kappa shape index (κ2) is 4.01. The normalized spacial score (nSPS) is 29.7. The highest BCUT2D eigenvalue weighted by molar-refractivity contribution is 5.29. The molecule has 1 fully saturated rings. The highest BCUT2D eigenvalue weighted by Gasteiger charge is 2.51. The monoisotopic (exact) mass is 207 g/mol. The van der Waals surface area contributed by atoms with Crippen molar-refractivity contribution in [3.05, 3.63) is 24.2 Å². The molecule has 1 aliphatic rings. The van der Waals surface area contributed by atoms with Gasteiger partial charge in [0.15, 0.2) is 0 Å². The van der Waals surface area contributed by atoms with Gasteiger partial charge in [-0.05, 0) is 43.0 Å². The van der Waals surface area contributed by atoms with Crippen LogP contribution in [0, 0.1) is 11.8 Å². The van der Waals surface area contributed by atoms with Gasteiger partial charge < -0.3 is 9.73 Å². The molecule has 2 unspecified atom stereocenters. The van der Waals surface area contributed by atoms with E-state index in [1.54, 1.807) is 6.26 Å². The van der Waals surface area contributed by atoms with Gasteiger partial charge in [-0.1, -0.05) is 20.8 Å². The van der Waals surface area contributed by atoms with E-state index >= 15 is 0 Å². The molecule has 2 rings (SSSR count). The third-order valence-electron chi connectivity index (χ3n) is 3.54. The molecular weight excluding hydrogens is 186 g/mol. The molecule has 1 N–H and O–H groups in total. The minimum Gasteiger partial charge on any atom is -0.472 e. The third kappa shape index (κ3) is 2.25. The number of furan rings is 1. The lowest BCUT2D eigenvalue weighted by molar-refractivity contribution is 0.511. The topological polar surface area (TPSA) is 25.2 Å². The summed E-state index contributed by atoms with van der Waals surface area (Å²) in [6.45, 7) is 9.09. The molecule has 1 saturated carbocycles. The molecule has 0 bridgehead atoms. The van der Waals surface area contributed by atoms with Gasteiger partial charge in [0.1, 0.15) is 0 Å². The van der Waals surface area contributed by atoms with Gasteiger partial charge in [-0.25, -0.2) is 0 Å². The predicted molar refractivity (Wildman–Crippen MR) is 61.9 cm³/mol. The quantitative estimate of drug-likeness (QED) is 0.803. The minimum absolute atomic E-state index is 0.372. The molecule has 84 valence electrons. The van der Waals surface area contributed by atoms with E-state index in [1.807, 2.05) is 6.26 Å². The first kappa shape index (κ1) is 10.7. The van der Waals surface area contributed by atoms with Gasteiger partial charge in [0.25, 0.3) is 0 Å². The van der Waals surface area contributed by atoms with E-state index in [1.165, 1.54) is 12.0 Å².